The van der Waals surface area contributed by atoms with Gasteiger partial charge in [-0.15, -0.1) is 0 Å². The Morgan fingerprint density at radius 3 is 2.42 bits per heavy atom. The second-order valence-corrected chi connectivity index (χ2v) is 10.2. The van der Waals surface area contributed by atoms with Crippen molar-refractivity contribution in [3.05, 3.63) is 94.5 Å². The smallest absolute Gasteiger partial charge is 0.349 e. The first-order chi connectivity index (χ1) is 17.3. The molecule has 0 aromatic heterocycles. The molecule has 0 unspecified atom stereocenters. The Bertz CT molecular complexity index is 1160. The molecule has 3 aromatic carbocycles. The highest BCUT2D eigenvalue weighted by molar-refractivity contribution is 6.30. The predicted molar refractivity (Wildman–Crippen MR) is 146 cm³/mol. The number of carbonyl (C=O) groups excluding carboxylic acids is 1. The fourth-order valence-electron chi connectivity index (χ4n) is 4.74. The largest absolute Gasteiger partial charge is 0.476 e. The number of benzene rings is 3. The van der Waals surface area contributed by atoms with Crippen LogP contribution in [0, 0.1) is 6.92 Å². The Kier molecular flexibility index (Phi) is 8.22. The van der Waals surface area contributed by atoms with E-state index in [1.54, 1.807) is 20.8 Å². The van der Waals surface area contributed by atoms with Crippen molar-refractivity contribution >= 4 is 23.3 Å². The van der Waals surface area contributed by atoms with Gasteiger partial charge in [-0.2, -0.15) is 0 Å². The van der Waals surface area contributed by atoms with Crippen LogP contribution in [0.5, 0.6) is 5.75 Å². The third-order valence-electron chi connectivity index (χ3n) is 6.59. The Hall–Kier alpha value is -3.02. The molecule has 0 saturated carbocycles. The molecule has 3 aromatic rings. The van der Waals surface area contributed by atoms with Gasteiger partial charge >= 0.3 is 5.97 Å². The van der Waals surface area contributed by atoms with Crippen molar-refractivity contribution in [1.29, 1.82) is 0 Å². The van der Waals surface area contributed by atoms with Crippen LogP contribution in [0.25, 0.3) is 0 Å². The van der Waals surface area contributed by atoms with Gasteiger partial charge in [0.15, 0.2) is 5.60 Å². The van der Waals surface area contributed by atoms with Crippen molar-refractivity contribution in [1.82, 2.24) is 4.90 Å². The average Bonchev–Trinajstić information content (AvgIpc) is 2.85. The van der Waals surface area contributed by atoms with E-state index in [-0.39, 0.29) is 12.0 Å². The van der Waals surface area contributed by atoms with Gasteiger partial charge in [0, 0.05) is 36.9 Å². The first-order valence-corrected chi connectivity index (χ1v) is 12.9. The third kappa shape index (κ3) is 6.21. The summed E-state index contributed by atoms with van der Waals surface area (Å²) >= 11 is 6.21. The minimum atomic E-state index is -1.06. The number of hydrogen-bond donors (Lipinski definition) is 0. The van der Waals surface area contributed by atoms with Crippen molar-refractivity contribution in [3.63, 3.8) is 0 Å². The molecule has 190 valence electrons. The van der Waals surface area contributed by atoms with E-state index >= 15 is 0 Å². The monoisotopic (exact) mass is 506 g/mol. The van der Waals surface area contributed by atoms with Crippen molar-refractivity contribution in [2.45, 2.75) is 45.9 Å². The van der Waals surface area contributed by atoms with E-state index in [1.165, 1.54) is 11.1 Å². The van der Waals surface area contributed by atoms with Gasteiger partial charge in [-0.3, -0.25) is 4.90 Å². The number of anilines is 1. The number of rotatable bonds is 8. The van der Waals surface area contributed by atoms with Crippen LogP contribution in [0.15, 0.2) is 72.8 Å². The van der Waals surface area contributed by atoms with Crippen LogP contribution in [0.3, 0.4) is 0 Å². The quantitative estimate of drug-likeness (QED) is 0.329. The van der Waals surface area contributed by atoms with Crippen LogP contribution < -0.4 is 9.64 Å². The van der Waals surface area contributed by atoms with Gasteiger partial charge in [-0.1, -0.05) is 54.1 Å². The summed E-state index contributed by atoms with van der Waals surface area (Å²) in [6, 6.07) is 25.0. The van der Waals surface area contributed by atoms with Crippen molar-refractivity contribution in [2.24, 2.45) is 0 Å². The number of halogens is 1. The molecular formula is C30H35ClN2O3. The lowest BCUT2D eigenvalue weighted by Crippen LogP contribution is -2.48. The number of esters is 1. The SMILES string of the molecule is CCOC(=O)C(C)(C)Oc1ccc(N2CCN(Cc3ccccc3)C[C@H]2c2ccc(Cl)cc2)c(C)c1. The molecule has 0 amide bonds. The van der Waals surface area contributed by atoms with Crippen molar-refractivity contribution in [3.8, 4) is 5.75 Å². The first kappa shape index (κ1) is 26.1. The summed E-state index contributed by atoms with van der Waals surface area (Å²) in [6.07, 6.45) is 0. The molecule has 4 rings (SSSR count). The minimum absolute atomic E-state index is 0.182. The van der Waals surface area contributed by atoms with Gasteiger partial charge in [0.2, 0.25) is 0 Å². The van der Waals surface area contributed by atoms with Crippen LogP contribution in [0.2, 0.25) is 5.02 Å². The molecule has 1 saturated heterocycles. The van der Waals surface area contributed by atoms with E-state index in [9.17, 15) is 4.79 Å². The van der Waals surface area contributed by atoms with E-state index in [2.05, 4.69) is 65.3 Å². The lowest BCUT2D eigenvalue weighted by molar-refractivity contribution is -0.158. The number of hydrogen-bond acceptors (Lipinski definition) is 5. The number of piperazine rings is 1. The first-order valence-electron chi connectivity index (χ1n) is 12.5. The molecule has 1 heterocycles. The maximum atomic E-state index is 12.3. The summed E-state index contributed by atoms with van der Waals surface area (Å²) in [4.78, 5) is 17.3. The number of nitrogens with zero attached hydrogens (tertiary/aromatic N) is 2. The molecule has 1 atom stereocenters. The second-order valence-electron chi connectivity index (χ2n) is 9.76. The number of aryl methyl sites for hydroxylation is 1. The molecule has 5 nitrogen and oxygen atoms in total. The number of ether oxygens (including phenoxy) is 2. The molecule has 1 aliphatic rings. The maximum absolute atomic E-state index is 12.3. The fourth-order valence-corrected chi connectivity index (χ4v) is 4.86. The Labute approximate surface area is 219 Å². The van der Waals surface area contributed by atoms with Crippen LogP contribution in [0.1, 0.15) is 43.5 Å². The van der Waals surface area contributed by atoms with Gasteiger partial charge in [0.25, 0.3) is 0 Å². The van der Waals surface area contributed by atoms with E-state index in [0.29, 0.717) is 12.4 Å². The summed E-state index contributed by atoms with van der Waals surface area (Å²) in [5.41, 5.74) is 3.76. The van der Waals surface area contributed by atoms with E-state index in [4.69, 9.17) is 21.1 Å². The van der Waals surface area contributed by atoms with E-state index < -0.39 is 5.60 Å². The van der Waals surface area contributed by atoms with E-state index in [0.717, 1.165) is 42.5 Å². The highest BCUT2D eigenvalue weighted by Gasteiger charge is 2.33. The van der Waals surface area contributed by atoms with Gasteiger partial charge in [-0.05, 0) is 74.7 Å². The lowest BCUT2D eigenvalue weighted by atomic mass is 9.99. The molecule has 0 aliphatic carbocycles. The molecule has 6 heteroatoms. The number of carbonyl (C=O) groups is 1. The fraction of sp³-hybridized carbons (Fsp3) is 0.367. The molecule has 0 spiro atoms. The molecule has 0 bridgehead atoms. The van der Waals surface area contributed by atoms with Crippen molar-refractivity contribution in [2.75, 3.05) is 31.1 Å². The zero-order chi connectivity index (χ0) is 25.7. The van der Waals surface area contributed by atoms with Gasteiger partial charge < -0.3 is 14.4 Å². The highest BCUT2D eigenvalue weighted by Crippen LogP contribution is 2.35. The summed E-state index contributed by atoms with van der Waals surface area (Å²) in [6.45, 7) is 11.4. The molecule has 1 fully saturated rings. The van der Waals surface area contributed by atoms with E-state index in [1.807, 2.05) is 24.3 Å². The van der Waals surface area contributed by atoms with Crippen LogP contribution in [-0.4, -0.2) is 42.7 Å². The Balaban J connectivity index is 1.57. The van der Waals surface area contributed by atoms with Gasteiger partial charge in [0.05, 0.1) is 12.6 Å². The molecule has 1 aliphatic heterocycles. The standard InChI is InChI=1S/C30H35ClN2O3/c1-5-35-29(34)30(3,4)36-26-15-16-27(22(2)19-26)33-18-17-32(20-23-9-7-6-8-10-23)21-28(33)24-11-13-25(31)14-12-24/h6-16,19,28H,5,17-18,20-21H2,1-4H3/t28-/m0/s1. The minimum Gasteiger partial charge on any atom is -0.476 e. The summed E-state index contributed by atoms with van der Waals surface area (Å²) in [7, 11) is 0. The Morgan fingerprint density at radius 1 is 1.03 bits per heavy atom. The normalized spacial score (nSPS) is 16.6. The van der Waals surface area contributed by atoms with Gasteiger partial charge in [-0.25, -0.2) is 4.79 Å². The molecule has 36 heavy (non-hydrogen) atoms. The summed E-state index contributed by atoms with van der Waals surface area (Å²) in [5.74, 6) is 0.282. The topological polar surface area (TPSA) is 42.0 Å². The van der Waals surface area contributed by atoms with Crippen molar-refractivity contribution < 1.29 is 14.3 Å². The van der Waals surface area contributed by atoms with Crippen LogP contribution in [0.4, 0.5) is 5.69 Å². The maximum Gasteiger partial charge on any atom is 0.349 e. The molecule has 0 N–H and O–H groups in total. The zero-order valence-corrected chi connectivity index (χ0v) is 22.3. The zero-order valence-electron chi connectivity index (χ0n) is 21.5. The summed E-state index contributed by atoms with van der Waals surface area (Å²) in [5, 5.41) is 0.740. The molecular weight excluding hydrogens is 472 g/mol. The predicted octanol–water partition coefficient (Wildman–Crippen LogP) is 6.43. The summed E-state index contributed by atoms with van der Waals surface area (Å²) < 4.78 is 11.2. The van der Waals surface area contributed by atoms with Crippen LogP contribution >= 0.6 is 11.6 Å². The van der Waals surface area contributed by atoms with Crippen LogP contribution in [-0.2, 0) is 16.1 Å². The highest BCUT2D eigenvalue weighted by atomic mass is 35.5. The third-order valence-corrected chi connectivity index (χ3v) is 6.84. The Morgan fingerprint density at radius 2 is 1.75 bits per heavy atom. The van der Waals surface area contributed by atoms with Gasteiger partial charge in [0.1, 0.15) is 5.75 Å². The lowest BCUT2D eigenvalue weighted by Gasteiger charge is -2.44. The molecule has 0 radical (unpaired) electrons. The second kappa shape index (κ2) is 11.4. The average molecular weight is 507 g/mol.